The average molecular weight is 343 g/mol. The first-order valence-electron chi connectivity index (χ1n) is 11.0. The second-order valence-electron chi connectivity index (χ2n) is 7.93. The van der Waals surface area contributed by atoms with Gasteiger partial charge in [-0.25, -0.2) is 0 Å². The Morgan fingerprint density at radius 1 is 0.375 bits per heavy atom. The van der Waals surface area contributed by atoms with Crippen LogP contribution in [-0.4, -0.2) is 22.4 Å². The third-order valence-corrected chi connectivity index (χ3v) is 4.99. The van der Waals surface area contributed by atoms with Crippen LogP contribution in [0, 0.1) is 0 Å². The Morgan fingerprint density at radius 3 is 0.708 bits per heavy atom. The second-order valence-corrected chi connectivity index (χ2v) is 7.93. The molecule has 2 nitrogen and oxygen atoms in total. The van der Waals surface area contributed by atoms with E-state index < -0.39 is 0 Å². The van der Waals surface area contributed by atoms with E-state index in [1.165, 1.54) is 103 Å². The van der Waals surface area contributed by atoms with Crippen molar-refractivity contribution in [1.29, 1.82) is 0 Å². The molecule has 0 saturated carbocycles. The molecule has 2 unspecified atom stereocenters. The van der Waals surface area contributed by atoms with Gasteiger partial charge in [0.15, 0.2) is 0 Å². The molecule has 0 amide bonds. The molecule has 0 rings (SSSR count). The highest BCUT2D eigenvalue weighted by molar-refractivity contribution is 4.52. The van der Waals surface area contributed by atoms with E-state index >= 15 is 0 Å². The molecule has 2 atom stereocenters. The van der Waals surface area contributed by atoms with E-state index in [0.29, 0.717) is 0 Å². The summed E-state index contributed by atoms with van der Waals surface area (Å²) in [5.41, 5.74) is 0. The van der Waals surface area contributed by atoms with Gasteiger partial charge in [-0.2, -0.15) is 0 Å². The SMILES string of the molecule is CC(O)CCCCCCCCCCCCCCCCCCC(C)O. The largest absolute Gasteiger partial charge is 0.393 e. The summed E-state index contributed by atoms with van der Waals surface area (Å²) in [7, 11) is 0. The zero-order valence-corrected chi connectivity index (χ0v) is 16.8. The molecule has 0 spiro atoms. The molecule has 0 aromatic carbocycles. The Kier molecular flexibility index (Phi) is 19.2. The number of aliphatic hydroxyl groups is 2. The fourth-order valence-electron chi connectivity index (χ4n) is 3.35. The Balaban J connectivity index is 2.98. The van der Waals surface area contributed by atoms with Crippen molar-refractivity contribution < 1.29 is 10.2 Å². The van der Waals surface area contributed by atoms with Crippen LogP contribution in [0.4, 0.5) is 0 Å². The predicted octanol–water partition coefficient (Wildman–Crippen LogP) is 6.77. The number of unbranched alkanes of at least 4 members (excludes halogenated alkanes) is 15. The van der Waals surface area contributed by atoms with Crippen LogP contribution < -0.4 is 0 Å². The van der Waals surface area contributed by atoms with Crippen molar-refractivity contribution >= 4 is 0 Å². The molecule has 0 aliphatic heterocycles. The van der Waals surface area contributed by atoms with E-state index in [9.17, 15) is 10.2 Å². The van der Waals surface area contributed by atoms with Crippen LogP contribution >= 0.6 is 0 Å². The van der Waals surface area contributed by atoms with E-state index in [-0.39, 0.29) is 12.2 Å². The zero-order chi connectivity index (χ0) is 17.9. The monoisotopic (exact) mass is 342 g/mol. The van der Waals surface area contributed by atoms with Gasteiger partial charge in [-0.15, -0.1) is 0 Å². The fourth-order valence-corrected chi connectivity index (χ4v) is 3.35. The molecular formula is C22H46O2. The summed E-state index contributed by atoms with van der Waals surface area (Å²) in [5.74, 6) is 0. The first kappa shape index (κ1) is 23.9. The quantitative estimate of drug-likeness (QED) is 0.254. The Morgan fingerprint density at radius 2 is 0.542 bits per heavy atom. The standard InChI is InChI=1S/C22H46O2/c1-21(23)19-17-15-13-11-9-7-5-3-4-6-8-10-12-14-16-18-20-22(2)24/h21-24H,3-20H2,1-2H3. The van der Waals surface area contributed by atoms with E-state index in [4.69, 9.17) is 0 Å². The molecule has 0 saturated heterocycles. The number of hydrogen-bond donors (Lipinski definition) is 2. The molecule has 0 radical (unpaired) electrons. The van der Waals surface area contributed by atoms with Crippen LogP contribution in [0.25, 0.3) is 0 Å². The lowest BCUT2D eigenvalue weighted by molar-refractivity contribution is 0.180. The molecule has 2 N–H and O–H groups in total. The summed E-state index contributed by atoms with van der Waals surface area (Å²) in [6, 6.07) is 0. The lowest BCUT2D eigenvalue weighted by Crippen LogP contribution is -1.98. The third kappa shape index (κ3) is 21.9. The molecule has 2 heteroatoms. The van der Waals surface area contributed by atoms with Crippen molar-refractivity contribution in [2.45, 2.75) is 142 Å². The lowest BCUT2D eigenvalue weighted by atomic mass is 10.0. The summed E-state index contributed by atoms with van der Waals surface area (Å²) < 4.78 is 0. The van der Waals surface area contributed by atoms with Crippen LogP contribution in [0.5, 0.6) is 0 Å². The first-order valence-corrected chi connectivity index (χ1v) is 11.0. The number of hydrogen-bond acceptors (Lipinski definition) is 2. The van der Waals surface area contributed by atoms with E-state index in [1.54, 1.807) is 0 Å². The van der Waals surface area contributed by atoms with Gasteiger partial charge in [-0.05, 0) is 26.7 Å². The van der Waals surface area contributed by atoms with Gasteiger partial charge in [0.25, 0.3) is 0 Å². The molecule has 0 aromatic rings. The number of aliphatic hydroxyl groups excluding tert-OH is 2. The minimum Gasteiger partial charge on any atom is -0.393 e. The molecule has 24 heavy (non-hydrogen) atoms. The van der Waals surface area contributed by atoms with Gasteiger partial charge in [-0.1, -0.05) is 103 Å². The molecule has 0 heterocycles. The van der Waals surface area contributed by atoms with Crippen molar-refractivity contribution in [3.8, 4) is 0 Å². The van der Waals surface area contributed by atoms with Crippen molar-refractivity contribution in [2.24, 2.45) is 0 Å². The highest BCUT2D eigenvalue weighted by Gasteiger charge is 1.97. The van der Waals surface area contributed by atoms with Gasteiger partial charge in [-0.3, -0.25) is 0 Å². The average Bonchev–Trinajstić information content (AvgIpc) is 2.53. The van der Waals surface area contributed by atoms with Gasteiger partial charge >= 0.3 is 0 Å². The van der Waals surface area contributed by atoms with E-state index in [1.807, 2.05) is 13.8 Å². The van der Waals surface area contributed by atoms with Gasteiger partial charge in [0.1, 0.15) is 0 Å². The van der Waals surface area contributed by atoms with E-state index in [0.717, 1.165) is 12.8 Å². The van der Waals surface area contributed by atoms with Crippen molar-refractivity contribution in [3.05, 3.63) is 0 Å². The minimum atomic E-state index is -0.111. The normalized spacial score (nSPS) is 14.0. The highest BCUT2D eigenvalue weighted by Crippen LogP contribution is 2.14. The highest BCUT2D eigenvalue weighted by atomic mass is 16.3. The maximum Gasteiger partial charge on any atom is 0.0512 e. The van der Waals surface area contributed by atoms with Crippen LogP contribution in [0.15, 0.2) is 0 Å². The summed E-state index contributed by atoms with van der Waals surface area (Å²) in [4.78, 5) is 0. The summed E-state index contributed by atoms with van der Waals surface area (Å²) in [6.07, 6.45) is 23.5. The van der Waals surface area contributed by atoms with Crippen LogP contribution in [0.1, 0.15) is 129 Å². The van der Waals surface area contributed by atoms with Gasteiger partial charge < -0.3 is 10.2 Å². The fraction of sp³-hybridized carbons (Fsp3) is 1.00. The van der Waals surface area contributed by atoms with Gasteiger partial charge in [0.05, 0.1) is 12.2 Å². The van der Waals surface area contributed by atoms with Crippen LogP contribution in [0.2, 0.25) is 0 Å². The topological polar surface area (TPSA) is 40.5 Å². The molecule has 0 aliphatic carbocycles. The summed E-state index contributed by atoms with van der Waals surface area (Å²) >= 11 is 0. The molecule has 0 fully saturated rings. The Hall–Kier alpha value is -0.0800. The van der Waals surface area contributed by atoms with Gasteiger partial charge in [0, 0.05) is 0 Å². The van der Waals surface area contributed by atoms with Crippen molar-refractivity contribution in [3.63, 3.8) is 0 Å². The minimum absolute atomic E-state index is 0.111. The van der Waals surface area contributed by atoms with Crippen molar-refractivity contribution in [1.82, 2.24) is 0 Å². The maximum absolute atomic E-state index is 9.19. The third-order valence-electron chi connectivity index (χ3n) is 4.99. The van der Waals surface area contributed by atoms with Crippen LogP contribution in [-0.2, 0) is 0 Å². The van der Waals surface area contributed by atoms with Crippen molar-refractivity contribution in [2.75, 3.05) is 0 Å². The predicted molar refractivity (Wildman–Crippen MR) is 106 cm³/mol. The summed E-state index contributed by atoms with van der Waals surface area (Å²) in [6.45, 7) is 3.78. The molecule has 146 valence electrons. The lowest BCUT2D eigenvalue weighted by Gasteiger charge is -2.05. The number of rotatable bonds is 19. The second kappa shape index (κ2) is 19.2. The summed E-state index contributed by atoms with van der Waals surface area (Å²) in [5, 5.41) is 18.4. The molecular weight excluding hydrogens is 296 g/mol. The smallest absolute Gasteiger partial charge is 0.0512 e. The molecule has 0 bridgehead atoms. The van der Waals surface area contributed by atoms with Crippen LogP contribution in [0.3, 0.4) is 0 Å². The molecule has 0 aromatic heterocycles. The first-order chi connectivity index (χ1) is 11.6. The Bertz CT molecular complexity index is 202. The zero-order valence-electron chi connectivity index (χ0n) is 16.8. The van der Waals surface area contributed by atoms with Gasteiger partial charge in [0.2, 0.25) is 0 Å². The molecule has 0 aliphatic rings. The van der Waals surface area contributed by atoms with E-state index in [2.05, 4.69) is 0 Å². The Labute approximate surface area is 152 Å². The maximum atomic E-state index is 9.19.